The number of hydrogen-bond acceptors (Lipinski definition) is 2. The van der Waals surface area contributed by atoms with Gasteiger partial charge >= 0.3 is 5.97 Å². The van der Waals surface area contributed by atoms with E-state index in [-0.39, 0.29) is 0 Å². The summed E-state index contributed by atoms with van der Waals surface area (Å²) in [4.78, 5) is 14.2. The monoisotopic (exact) mass is 251 g/mol. The zero-order chi connectivity index (χ0) is 12.8. The van der Waals surface area contributed by atoms with Gasteiger partial charge in [0.05, 0.1) is 5.41 Å². The van der Waals surface area contributed by atoms with Crippen molar-refractivity contribution in [1.82, 2.24) is 4.90 Å². The average molecular weight is 251 g/mol. The summed E-state index contributed by atoms with van der Waals surface area (Å²) in [6.07, 6.45) is 8.22. The molecule has 0 bridgehead atoms. The van der Waals surface area contributed by atoms with Crippen molar-refractivity contribution < 1.29 is 9.90 Å². The van der Waals surface area contributed by atoms with Gasteiger partial charge in [0.15, 0.2) is 0 Å². The fraction of sp³-hybridized carbons (Fsp3) is 0.933. The van der Waals surface area contributed by atoms with E-state index in [4.69, 9.17) is 0 Å². The van der Waals surface area contributed by atoms with Crippen LogP contribution in [0.4, 0.5) is 0 Å². The van der Waals surface area contributed by atoms with Gasteiger partial charge in [-0.1, -0.05) is 13.3 Å². The van der Waals surface area contributed by atoms with Gasteiger partial charge in [-0.25, -0.2) is 0 Å². The minimum absolute atomic E-state index is 0.434. The molecule has 0 radical (unpaired) electrons. The van der Waals surface area contributed by atoms with E-state index in [2.05, 4.69) is 11.8 Å². The predicted molar refractivity (Wildman–Crippen MR) is 70.4 cm³/mol. The summed E-state index contributed by atoms with van der Waals surface area (Å²) in [5.74, 6) is 1.23. The maximum Gasteiger partial charge on any atom is 0.310 e. The fourth-order valence-corrected chi connectivity index (χ4v) is 3.98. The van der Waals surface area contributed by atoms with Gasteiger partial charge in [-0.15, -0.1) is 0 Å². The molecule has 1 N–H and O–H groups in total. The standard InChI is InChI=1S/C15H25NO2/c1-2-7-15(14(17)18)8-9-16(10-15)13(11-3-4-11)12-5-6-12/h11-13H,2-10H2,1H3,(H,17,18). The summed E-state index contributed by atoms with van der Waals surface area (Å²) in [7, 11) is 0. The van der Waals surface area contributed by atoms with E-state index in [0.29, 0.717) is 0 Å². The maximum atomic E-state index is 11.6. The molecule has 0 aromatic carbocycles. The lowest BCUT2D eigenvalue weighted by atomic mass is 9.82. The minimum Gasteiger partial charge on any atom is -0.481 e. The third-order valence-electron chi connectivity index (χ3n) is 5.20. The van der Waals surface area contributed by atoms with Gasteiger partial charge in [-0.3, -0.25) is 9.69 Å². The van der Waals surface area contributed by atoms with Crippen LogP contribution in [0.25, 0.3) is 0 Å². The van der Waals surface area contributed by atoms with E-state index in [0.717, 1.165) is 50.2 Å². The molecule has 1 atom stereocenters. The van der Waals surface area contributed by atoms with Crippen LogP contribution in [-0.4, -0.2) is 35.1 Å². The molecular formula is C15H25NO2. The molecule has 102 valence electrons. The third kappa shape index (κ3) is 2.18. The Morgan fingerprint density at radius 2 is 1.94 bits per heavy atom. The molecule has 0 aromatic rings. The Morgan fingerprint density at radius 3 is 2.39 bits per heavy atom. The first-order chi connectivity index (χ1) is 8.66. The van der Waals surface area contributed by atoms with E-state index >= 15 is 0 Å². The molecule has 0 spiro atoms. The van der Waals surface area contributed by atoms with E-state index < -0.39 is 11.4 Å². The molecule has 18 heavy (non-hydrogen) atoms. The Balaban J connectivity index is 1.70. The van der Waals surface area contributed by atoms with E-state index in [9.17, 15) is 9.90 Å². The Morgan fingerprint density at radius 1 is 1.33 bits per heavy atom. The number of carbonyl (C=O) groups is 1. The second-order valence-corrected chi connectivity index (χ2v) is 6.72. The molecule has 2 aliphatic carbocycles. The Labute approximate surface area is 110 Å². The van der Waals surface area contributed by atoms with Crippen molar-refractivity contribution in [2.45, 2.75) is 57.9 Å². The molecule has 2 saturated carbocycles. The molecule has 1 heterocycles. The second-order valence-electron chi connectivity index (χ2n) is 6.72. The highest BCUT2D eigenvalue weighted by atomic mass is 16.4. The molecule has 3 fully saturated rings. The average Bonchev–Trinajstić information content (AvgIpc) is 3.22. The summed E-state index contributed by atoms with van der Waals surface area (Å²) < 4.78 is 0. The number of aliphatic carboxylic acids is 1. The van der Waals surface area contributed by atoms with Gasteiger partial charge in [0.2, 0.25) is 0 Å². The van der Waals surface area contributed by atoms with Gasteiger partial charge in [-0.2, -0.15) is 0 Å². The normalized spacial score (nSPS) is 33.2. The van der Waals surface area contributed by atoms with E-state index in [1.807, 2.05) is 0 Å². The van der Waals surface area contributed by atoms with Crippen molar-refractivity contribution in [3.8, 4) is 0 Å². The number of rotatable bonds is 6. The molecular weight excluding hydrogens is 226 g/mol. The maximum absolute atomic E-state index is 11.6. The Kier molecular flexibility index (Phi) is 3.13. The first-order valence-electron chi connectivity index (χ1n) is 7.64. The van der Waals surface area contributed by atoms with E-state index in [1.165, 1.54) is 25.7 Å². The van der Waals surface area contributed by atoms with Crippen LogP contribution < -0.4 is 0 Å². The lowest BCUT2D eigenvalue weighted by molar-refractivity contribution is -0.148. The van der Waals surface area contributed by atoms with Crippen LogP contribution in [0.2, 0.25) is 0 Å². The SMILES string of the molecule is CCCC1(C(=O)O)CCN(C(C2CC2)C2CC2)C1. The number of hydrogen-bond donors (Lipinski definition) is 1. The van der Waals surface area contributed by atoms with Crippen LogP contribution in [0.3, 0.4) is 0 Å². The highest BCUT2D eigenvalue weighted by Crippen LogP contribution is 2.50. The second kappa shape index (κ2) is 4.52. The number of carboxylic acids is 1. The quantitative estimate of drug-likeness (QED) is 0.789. The summed E-state index contributed by atoms with van der Waals surface area (Å²) in [5, 5.41) is 9.58. The van der Waals surface area contributed by atoms with Gasteiger partial charge in [0, 0.05) is 12.6 Å². The van der Waals surface area contributed by atoms with Crippen LogP contribution in [-0.2, 0) is 4.79 Å². The molecule has 1 saturated heterocycles. The predicted octanol–water partition coefficient (Wildman–Crippen LogP) is 2.75. The third-order valence-corrected chi connectivity index (χ3v) is 5.20. The summed E-state index contributed by atoms with van der Waals surface area (Å²) in [6, 6.07) is 0.725. The topological polar surface area (TPSA) is 40.5 Å². The molecule has 3 heteroatoms. The molecule has 3 nitrogen and oxygen atoms in total. The molecule has 3 rings (SSSR count). The molecule has 0 amide bonds. The zero-order valence-electron chi connectivity index (χ0n) is 11.4. The first-order valence-corrected chi connectivity index (χ1v) is 7.64. The molecule has 0 aromatic heterocycles. The Hall–Kier alpha value is -0.570. The van der Waals surface area contributed by atoms with Gasteiger partial charge in [-0.05, 0) is 56.9 Å². The van der Waals surface area contributed by atoms with Crippen molar-refractivity contribution in [2.75, 3.05) is 13.1 Å². The number of carboxylic acid groups (broad SMARTS) is 1. The van der Waals surface area contributed by atoms with Crippen molar-refractivity contribution in [1.29, 1.82) is 0 Å². The van der Waals surface area contributed by atoms with Crippen LogP contribution in [0, 0.1) is 17.3 Å². The molecule has 3 aliphatic rings. The van der Waals surface area contributed by atoms with Crippen molar-refractivity contribution in [2.24, 2.45) is 17.3 Å². The summed E-state index contributed by atoms with van der Waals surface area (Å²) in [5.41, 5.74) is -0.434. The van der Waals surface area contributed by atoms with Crippen molar-refractivity contribution in [3.63, 3.8) is 0 Å². The van der Waals surface area contributed by atoms with Gasteiger partial charge in [0.25, 0.3) is 0 Å². The smallest absolute Gasteiger partial charge is 0.310 e. The minimum atomic E-state index is -0.558. The largest absolute Gasteiger partial charge is 0.481 e. The molecule has 1 unspecified atom stereocenters. The lowest BCUT2D eigenvalue weighted by Crippen LogP contribution is -2.41. The highest BCUT2D eigenvalue weighted by molar-refractivity contribution is 5.75. The van der Waals surface area contributed by atoms with E-state index in [1.54, 1.807) is 0 Å². The fourth-order valence-electron chi connectivity index (χ4n) is 3.98. The van der Waals surface area contributed by atoms with Crippen LogP contribution >= 0.6 is 0 Å². The van der Waals surface area contributed by atoms with Crippen LogP contribution in [0.1, 0.15) is 51.9 Å². The number of likely N-dealkylation sites (tertiary alicyclic amines) is 1. The summed E-state index contributed by atoms with van der Waals surface area (Å²) in [6.45, 7) is 3.93. The summed E-state index contributed by atoms with van der Waals surface area (Å²) >= 11 is 0. The first kappa shape index (κ1) is 12.5. The molecule has 1 aliphatic heterocycles. The highest BCUT2D eigenvalue weighted by Gasteiger charge is 2.51. The lowest BCUT2D eigenvalue weighted by Gasteiger charge is -2.30. The van der Waals surface area contributed by atoms with Gasteiger partial charge < -0.3 is 5.11 Å². The van der Waals surface area contributed by atoms with Crippen molar-refractivity contribution in [3.05, 3.63) is 0 Å². The number of nitrogens with zero attached hydrogens (tertiary/aromatic N) is 1. The Bertz CT molecular complexity index is 323. The van der Waals surface area contributed by atoms with Crippen LogP contribution in [0.15, 0.2) is 0 Å². The van der Waals surface area contributed by atoms with Crippen LogP contribution in [0.5, 0.6) is 0 Å². The van der Waals surface area contributed by atoms with Gasteiger partial charge in [0.1, 0.15) is 0 Å². The zero-order valence-corrected chi connectivity index (χ0v) is 11.4. The van der Waals surface area contributed by atoms with Crippen molar-refractivity contribution >= 4 is 5.97 Å².